The molecule has 1 atom stereocenters. The largest absolute Gasteiger partial charge is 0.511 e. The molecule has 0 saturated heterocycles. The number of aryl methyl sites for hydroxylation is 2. The number of aromatic amines is 1. The van der Waals surface area contributed by atoms with Gasteiger partial charge in [-0.25, -0.2) is 13.4 Å². The highest BCUT2D eigenvalue weighted by Crippen LogP contribution is 2.39. The Morgan fingerprint density at radius 3 is 2.35 bits per heavy atom. The summed E-state index contributed by atoms with van der Waals surface area (Å²) in [5.41, 5.74) is -5.13. The number of nitrogens with zero attached hydrogens (tertiary/aromatic N) is 3. The summed E-state index contributed by atoms with van der Waals surface area (Å²) in [6.07, 6.45) is -2.56. The Morgan fingerprint density at radius 2 is 1.76 bits per heavy atom. The van der Waals surface area contributed by atoms with Gasteiger partial charge in [-0.05, 0) is 49.1 Å². The number of hydrogen-bond donors (Lipinski definition) is 1. The van der Waals surface area contributed by atoms with Crippen molar-refractivity contribution in [1.82, 2.24) is 14.3 Å². The predicted octanol–water partition coefficient (Wildman–Crippen LogP) is 5.41. The van der Waals surface area contributed by atoms with E-state index in [2.05, 4.69) is 9.97 Å². The van der Waals surface area contributed by atoms with Crippen molar-refractivity contribution in [3.63, 3.8) is 0 Å². The van der Waals surface area contributed by atoms with Gasteiger partial charge in [0.15, 0.2) is 0 Å². The monoisotopic (exact) mass is 546 g/mol. The van der Waals surface area contributed by atoms with E-state index in [1.807, 2.05) is 30.3 Å². The van der Waals surface area contributed by atoms with Crippen LogP contribution in [0.25, 0.3) is 0 Å². The number of alkyl halides is 6. The zero-order valence-electron chi connectivity index (χ0n) is 19.6. The second-order valence-corrected chi connectivity index (χ2v) is 10.8. The van der Waals surface area contributed by atoms with E-state index in [1.165, 1.54) is 12.3 Å². The fraction of sp³-hybridized carbons (Fsp3) is 0.375. The van der Waals surface area contributed by atoms with Crippen LogP contribution in [0.3, 0.4) is 0 Å². The molecular formula is C24H24F6N4O2S. The minimum atomic E-state index is -5.82. The number of sulfonamides is 1. The number of aromatic nitrogens is 2. The molecule has 4 rings (SSSR count). The summed E-state index contributed by atoms with van der Waals surface area (Å²) in [6, 6.07) is 11.1. The van der Waals surface area contributed by atoms with Crippen LogP contribution in [0.15, 0.2) is 54.7 Å². The molecule has 1 aliphatic heterocycles. The van der Waals surface area contributed by atoms with Crippen LogP contribution in [0.5, 0.6) is 0 Å². The summed E-state index contributed by atoms with van der Waals surface area (Å²) in [7, 11) is -5.82. The van der Waals surface area contributed by atoms with Crippen molar-refractivity contribution >= 4 is 15.7 Å². The Kier molecular flexibility index (Phi) is 7.30. The quantitative estimate of drug-likeness (QED) is 0.420. The van der Waals surface area contributed by atoms with Crippen LogP contribution >= 0.6 is 0 Å². The van der Waals surface area contributed by atoms with E-state index < -0.39 is 46.4 Å². The molecule has 0 aliphatic carbocycles. The van der Waals surface area contributed by atoms with Gasteiger partial charge in [-0.1, -0.05) is 30.3 Å². The molecule has 0 radical (unpaired) electrons. The molecule has 2 heterocycles. The normalized spacial score (nSPS) is 17.5. The van der Waals surface area contributed by atoms with Gasteiger partial charge >= 0.3 is 21.7 Å². The zero-order valence-corrected chi connectivity index (χ0v) is 20.5. The Labute approximate surface area is 210 Å². The number of fused-ring (bicyclic) bond motifs is 1. The molecule has 200 valence electrons. The molecular weight excluding hydrogens is 522 g/mol. The molecule has 37 heavy (non-hydrogen) atoms. The lowest BCUT2D eigenvalue weighted by atomic mass is 10.0. The summed E-state index contributed by atoms with van der Waals surface area (Å²) in [5.74, 6) is 0.583. The molecule has 13 heteroatoms. The molecule has 1 N–H and O–H groups in total. The first-order valence-corrected chi connectivity index (χ1v) is 12.8. The maximum absolute atomic E-state index is 13.6. The minimum absolute atomic E-state index is 0.0819. The Hall–Kier alpha value is -3.06. The second-order valence-electron chi connectivity index (χ2n) is 8.88. The van der Waals surface area contributed by atoms with E-state index in [0.29, 0.717) is 17.9 Å². The smallest absolute Gasteiger partial charge is 0.361 e. The Bertz CT molecular complexity index is 1340. The van der Waals surface area contributed by atoms with Crippen LogP contribution in [-0.2, 0) is 35.7 Å². The van der Waals surface area contributed by atoms with E-state index >= 15 is 0 Å². The number of hydrogen-bond acceptors (Lipinski definition) is 4. The highest BCUT2D eigenvalue weighted by Gasteiger charge is 2.51. The number of imidazole rings is 1. The van der Waals surface area contributed by atoms with Gasteiger partial charge in [0.1, 0.15) is 5.82 Å². The fourth-order valence-electron chi connectivity index (χ4n) is 4.46. The van der Waals surface area contributed by atoms with Crippen molar-refractivity contribution in [3.05, 3.63) is 82.9 Å². The SMILES string of the molecule is Cc1ncc(CN2c3ccc(C(F)(F)F)cc3CN(S(=O)(=O)C(F)(F)F)CC2CCc2ccccc2)[nH]1. The Morgan fingerprint density at radius 1 is 1.05 bits per heavy atom. The van der Waals surface area contributed by atoms with Gasteiger partial charge in [0.05, 0.1) is 24.0 Å². The number of H-pyrrole nitrogens is 1. The summed E-state index contributed by atoms with van der Waals surface area (Å²) in [5, 5.41) is 0. The summed E-state index contributed by atoms with van der Waals surface area (Å²) < 4.78 is 106. The Balaban J connectivity index is 1.82. The number of nitrogens with one attached hydrogen (secondary N) is 1. The van der Waals surface area contributed by atoms with Crippen molar-refractivity contribution in [2.24, 2.45) is 0 Å². The number of halogens is 6. The fourth-order valence-corrected chi connectivity index (χ4v) is 5.43. The summed E-state index contributed by atoms with van der Waals surface area (Å²) >= 11 is 0. The molecule has 0 amide bonds. The van der Waals surface area contributed by atoms with Crippen LogP contribution in [0.4, 0.5) is 32.0 Å². The zero-order chi connectivity index (χ0) is 27.0. The van der Waals surface area contributed by atoms with Gasteiger partial charge in [0.25, 0.3) is 0 Å². The second kappa shape index (κ2) is 10.0. The van der Waals surface area contributed by atoms with Gasteiger partial charge in [0, 0.05) is 24.8 Å². The molecule has 0 bridgehead atoms. The van der Waals surface area contributed by atoms with Gasteiger partial charge in [-0.2, -0.15) is 30.6 Å². The standard InChI is InChI=1S/C24H24F6N4O2S/c1-16-31-12-20(32-16)14-34-21(9-7-17-5-3-2-4-6-17)15-33(37(35,36)24(28,29)30)13-18-11-19(23(25,26)27)8-10-22(18)34/h2-6,8,10-12,21H,7,9,13-15H2,1H3,(H,31,32). The average Bonchev–Trinajstić information content (AvgIpc) is 3.16. The van der Waals surface area contributed by atoms with Crippen molar-refractivity contribution in [3.8, 4) is 0 Å². The number of benzene rings is 2. The topological polar surface area (TPSA) is 69.3 Å². The third-order valence-electron chi connectivity index (χ3n) is 6.26. The van der Waals surface area contributed by atoms with Crippen molar-refractivity contribution in [2.75, 3.05) is 11.4 Å². The van der Waals surface area contributed by atoms with Gasteiger partial charge in [-0.15, -0.1) is 0 Å². The molecule has 3 aromatic rings. The van der Waals surface area contributed by atoms with Crippen molar-refractivity contribution < 1.29 is 34.8 Å². The highest BCUT2D eigenvalue weighted by molar-refractivity contribution is 7.89. The van der Waals surface area contributed by atoms with Crippen LogP contribution < -0.4 is 4.90 Å². The molecule has 1 aliphatic rings. The van der Waals surface area contributed by atoms with E-state index in [0.717, 1.165) is 17.7 Å². The molecule has 0 saturated carbocycles. The number of anilines is 1. The maximum Gasteiger partial charge on any atom is 0.511 e. The molecule has 1 unspecified atom stereocenters. The van der Waals surface area contributed by atoms with Crippen LogP contribution in [-0.4, -0.2) is 40.8 Å². The predicted molar refractivity (Wildman–Crippen MR) is 125 cm³/mol. The van der Waals surface area contributed by atoms with Crippen molar-refractivity contribution in [2.45, 2.75) is 50.6 Å². The minimum Gasteiger partial charge on any atom is -0.361 e. The van der Waals surface area contributed by atoms with Crippen LogP contribution in [0, 0.1) is 6.92 Å². The van der Waals surface area contributed by atoms with Crippen molar-refractivity contribution in [1.29, 1.82) is 0 Å². The van der Waals surface area contributed by atoms with Gasteiger partial charge in [0.2, 0.25) is 0 Å². The molecule has 6 nitrogen and oxygen atoms in total. The van der Waals surface area contributed by atoms with E-state index in [4.69, 9.17) is 0 Å². The van der Waals surface area contributed by atoms with Crippen LogP contribution in [0.1, 0.15) is 34.6 Å². The summed E-state index contributed by atoms with van der Waals surface area (Å²) in [6.45, 7) is 0.387. The van der Waals surface area contributed by atoms with Crippen LogP contribution in [0.2, 0.25) is 0 Å². The molecule has 0 fully saturated rings. The first-order valence-electron chi connectivity index (χ1n) is 11.3. The first kappa shape index (κ1) is 27.0. The molecule has 1 aromatic heterocycles. The lowest BCUT2D eigenvalue weighted by molar-refractivity contribution is -0.137. The van der Waals surface area contributed by atoms with Gasteiger partial charge in [-0.3, -0.25) is 0 Å². The maximum atomic E-state index is 13.6. The first-order chi connectivity index (χ1) is 17.3. The lowest BCUT2D eigenvalue weighted by Gasteiger charge is -2.34. The average molecular weight is 547 g/mol. The third kappa shape index (κ3) is 5.93. The van der Waals surface area contributed by atoms with Gasteiger partial charge < -0.3 is 9.88 Å². The van der Waals surface area contributed by atoms with E-state index in [9.17, 15) is 34.8 Å². The molecule has 2 aromatic carbocycles. The van der Waals surface area contributed by atoms with E-state index in [-0.39, 0.29) is 28.5 Å². The third-order valence-corrected chi connectivity index (χ3v) is 7.80. The highest BCUT2D eigenvalue weighted by atomic mass is 32.2. The molecule has 0 spiro atoms. The summed E-state index contributed by atoms with van der Waals surface area (Å²) in [4.78, 5) is 8.82. The lowest BCUT2D eigenvalue weighted by Crippen LogP contribution is -2.47. The van der Waals surface area contributed by atoms with E-state index in [1.54, 1.807) is 11.8 Å². The number of rotatable bonds is 6.